The van der Waals surface area contributed by atoms with Gasteiger partial charge in [-0.1, -0.05) is 39.7 Å². The van der Waals surface area contributed by atoms with Gasteiger partial charge in [0.25, 0.3) is 0 Å². The number of carbonyl (C=O) groups is 1. The van der Waals surface area contributed by atoms with E-state index in [1.54, 1.807) is 0 Å². The lowest BCUT2D eigenvalue weighted by Crippen LogP contribution is -2.67. The molecule has 4 aliphatic carbocycles. The maximum atomic E-state index is 11.7. The van der Waals surface area contributed by atoms with Crippen molar-refractivity contribution in [2.75, 3.05) is 0 Å². The molecule has 2 unspecified atom stereocenters. The van der Waals surface area contributed by atoms with E-state index in [4.69, 9.17) is 5.11 Å². The lowest BCUT2D eigenvalue weighted by molar-refractivity contribution is -0.234. The summed E-state index contributed by atoms with van der Waals surface area (Å²) < 4.78 is 0. The van der Waals surface area contributed by atoms with E-state index in [9.17, 15) is 15.0 Å². The molecule has 4 nitrogen and oxygen atoms in total. The van der Waals surface area contributed by atoms with Gasteiger partial charge in [-0.25, -0.2) is 0 Å². The topological polar surface area (TPSA) is 77.8 Å². The molecular formula is C26H42O4. The molecule has 0 saturated heterocycles. The van der Waals surface area contributed by atoms with Gasteiger partial charge in [0.1, 0.15) is 0 Å². The summed E-state index contributed by atoms with van der Waals surface area (Å²) in [7, 11) is 0. The highest BCUT2D eigenvalue weighted by Gasteiger charge is 2.70. The lowest BCUT2D eigenvalue weighted by Gasteiger charge is -2.69. The molecular weight excluding hydrogens is 376 g/mol. The largest absolute Gasteiger partial charge is 0.481 e. The first-order valence-corrected chi connectivity index (χ1v) is 12.3. The molecule has 0 heterocycles. The first-order chi connectivity index (χ1) is 14.1. The second kappa shape index (κ2) is 7.62. The van der Waals surface area contributed by atoms with Crippen molar-refractivity contribution < 1.29 is 20.1 Å². The highest BCUT2D eigenvalue weighted by atomic mass is 16.4. The summed E-state index contributed by atoms with van der Waals surface area (Å²) in [5.74, 6) is 0.768. The molecule has 0 radical (unpaired) electrons. The van der Waals surface area contributed by atoms with Gasteiger partial charge in [-0.15, -0.1) is 6.58 Å². The number of fused-ring (bicyclic) bond motifs is 5. The van der Waals surface area contributed by atoms with Crippen LogP contribution in [0.15, 0.2) is 12.7 Å². The van der Waals surface area contributed by atoms with Crippen LogP contribution in [0.1, 0.15) is 85.0 Å². The Morgan fingerprint density at radius 3 is 2.60 bits per heavy atom. The average Bonchev–Trinajstić information content (AvgIpc) is 3.05. The summed E-state index contributed by atoms with van der Waals surface area (Å²) >= 11 is 0. The molecule has 0 aromatic rings. The molecule has 4 saturated carbocycles. The van der Waals surface area contributed by atoms with E-state index in [0.717, 1.165) is 19.3 Å². The molecule has 0 spiro atoms. The Morgan fingerprint density at radius 2 is 1.93 bits per heavy atom. The van der Waals surface area contributed by atoms with Crippen LogP contribution in [0.25, 0.3) is 0 Å². The van der Waals surface area contributed by atoms with Crippen LogP contribution in [0.2, 0.25) is 0 Å². The fraction of sp³-hybridized carbons (Fsp3) is 0.885. The molecule has 170 valence electrons. The molecule has 3 N–H and O–H groups in total. The number of carboxylic acids is 1. The second-order valence-corrected chi connectivity index (χ2v) is 11.7. The predicted molar refractivity (Wildman–Crippen MR) is 118 cm³/mol. The fourth-order valence-electron chi connectivity index (χ4n) is 9.31. The van der Waals surface area contributed by atoms with Crippen LogP contribution in [0, 0.1) is 45.8 Å². The quantitative estimate of drug-likeness (QED) is 0.547. The van der Waals surface area contributed by atoms with E-state index in [1.165, 1.54) is 25.7 Å². The van der Waals surface area contributed by atoms with E-state index < -0.39 is 12.1 Å². The van der Waals surface area contributed by atoms with Crippen molar-refractivity contribution in [1.82, 2.24) is 0 Å². The van der Waals surface area contributed by atoms with Crippen molar-refractivity contribution in [3.63, 3.8) is 0 Å². The van der Waals surface area contributed by atoms with Gasteiger partial charge < -0.3 is 15.3 Å². The minimum atomic E-state index is -0.740. The number of allylic oxidation sites excluding steroid dienone is 1. The van der Waals surface area contributed by atoms with Gasteiger partial charge in [0.15, 0.2) is 0 Å². The molecule has 0 amide bonds. The Hall–Kier alpha value is -0.870. The van der Waals surface area contributed by atoms with Gasteiger partial charge in [0.05, 0.1) is 12.2 Å². The Labute approximate surface area is 182 Å². The molecule has 0 bridgehead atoms. The monoisotopic (exact) mass is 418 g/mol. The zero-order valence-corrected chi connectivity index (χ0v) is 19.1. The minimum Gasteiger partial charge on any atom is -0.481 e. The predicted octanol–water partition coefficient (Wildman–Crippen LogP) is 5.03. The van der Waals surface area contributed by atoms with Gasteiger partial charge in [-0.05, 0) is 85.4 Å². The normalized spacial score (nSPS) is 51.4. The number of aliphatic hydroxyl groups is 2. The third-order valence-electron chi connectivity index (χ3n) is 10.9. The first kappa shape index (κ1) is 22.3. The van der Waals surface area contributed by atoms with Crippen molar-refractivity contribution in [3.8, 4) is 0 Å². The maximum absolute atomic E-state index is 11.7. The standard InChI is InChI=1S/C26H42O4/c1-5-26-15-21(28)25(4)18(16(2)9-12-22(29)30)10-11-19(25)23(26)20(27)14-17-8-6-7-13-24(17,26)3/h5,16-21,23,27-28H,1,6-15H2,2-4H3,(H,29,30)/t16?,17-,18+,19-,20+,21-,23?,24-,25+,26-/m0/s1. The number of hydrogen-bond acceptors (Lipinski definition) is 3. The summed E-state index contributed by atoms with van der Waals surface area (Å²) in [5.41, 5.74) is -0.362. The van der Waals surface area contributed by atoms with Crippen molar-refractivity contribution >= 4 is 5.97 Å². The SMILES string of the molecule is C=C[C@]12C[C@H](O)[C@]3(C)[C@@H](C(C)CCC(=O)O)CC[C@H]3C1[C@H](O)C[C@@H]1CCCC[C@@]12C. The van der Waals surface area contributed by atoms with E-state index in [1.807, 2.05) is 0 Å². The molecule has 0 aromatic heterocycles. The molecule has 30 heavy (non-hydrogen) atoms. The number of aliphatic hydroxyl groups excluding tert-OH is 2. The van der Waals surface area contributed by atoms with Crippen LogP contribution < -0.4 is 0 Å². The van der Waals surface area contributed by atoms with Crippen LogP contribution >= 0.6 is 0 Å². The average molecular weight is 419 g/mol. The summed E-state index contributed by atoms with van der Waals surface area (Å²) in [6.07, 6.45) is 10.7. The molecule has 4 rings (SSSR count). The van der Waals surface area contributed by atoms with E-state index in [2.05, 4.69) is 33.4 Å². The van der Waals surface area contributed by atoms with Crippen molar-refractivity contribution in [3.05, 3.63) is 12.7 Å². The first-order valence-electron chi connectivity index (χ1n) is 12.3. The van der Waals surface area contributed by atoms with Gasteiger partial charge in [0, 0.05) is 11.8 Å². The second-order valence-electron chi connectivity index (χ2n) is 11.7. The Morgan fingerprint density at radius 1 is 1.20 bits per heavy atom. The third-order valence-corrected chi connectivity index (χ3v) is 10.9. The summed E-state index contributed by atoms with van der Waals surface area (Å²) in [4.78, 5) is 11.1. The smallest absolute Gasteiger partial charge is 0.303 e. The van der Waals surface area contributed by atoms with E-state index >= 15 is 0 Å². The highest BCUT2D eigenvalue weighted by molar-refractivity contribution is 5.66. The van der Waals surface area contributed by atoms with E-state index in [-0.39, 0.29) is 46.5 Å². The Kier molecular flexibility index (Phi) is 5.67. The summed E-state index contributed by atoms with van der Waals surface area (Å²) in [6.45, 7) is 11.2. The number of aliphatic carboxylic acids is 1. The van der Waals surface area contributed by atoms with Crippen LogP contribution in [0.3, 0.4) is 0 Å². The minimum absolute atomic E-state index is 0.103. The van der Waals surface area contributed by atoms with E-state index in [0.29, 0.717) is 24.7 Å². The summed E-state index contributed by atoms with van der Waals surface area (Å²) in [5, 5.41) is 32.4. The van der Waals surface area contributed by atoms with Crippen molar-refractivity contribution in [2.24, 2.45) is 45.8 Å². The third kappa shape index (κ3) is 2.88. The van der Waals surface area contributed by atoms with Crippen LogP contribution in [0.5, 0.6) is 0 Å². The number of rotatable bonds is 5. The highest BCUT2D eigenvalue weighted by Crippen LogP contribution is 2.73. The van der Waals surface area contributed by atoms with Gasteiger partial charge in [-0.2, -0.15) is 0 Å². The molecule has 0 aliphatic heterocycles. The Bertz CT molecular complexity index is 691. The van der Waals surface area contributed by atoms with Crippen molar-refractivity contribution in [1.29, 1.82) is 0 Å². The fourth-order valence-corrected chi connectivity index (χ4v) is 9.31. The number of carboxylic acid groups (broad SMARTS) is 1. The van der Waals surface area contributed by atoms with Crippen LogP contribution in [-0.2, 0) is 4.79 Å². The van der Waals surface area contributed by atoms with Gasteiger partial charge >= 0.3 is 5.97 Å². The Balaban J connectivity index is 1.71. The molecule has 10 atom stereocenters. The van der Waals surface area contributed by atoms with Crippen LogP contribution in [0.4, 0.5) is 0 Å². The van der Waals surface area contributed by atoms with Crippen LogP contribution in [-0.4, -0.2) is 33.5 Å². The lowest BCUT2D eigenvalue weighted by atomic mass is 9.36. The molecule has 4 fully saturated rings. The zero-order valence-electron chi connectivity index (χ0n) is 19.1. The van der Waals surface area contributed by atoms with Gasteiger partial charge in [0.2, 0.25) is 0 Å². The zero-order chi connectivity index (χ0) is 21.9. The van der Waals surface area contributed by atoms with Crippen molar-refractivity contribution in [2.45, 2.75) is 97.2 Å². The molecule has 4 aliphatic rings. The molecule has 4 heteroatoms. The molecule has 0 aromatic carbocycles. The van der Waals surface area contributed by atoms with Gasteiger partial charge in [-0.3, -0.25) is 4.79 Å². The number of hydrogen-bond donors (Lipinski definition) is 3. The maximum Gasteiger partial charge on any atom is 0.303 e. The summed E-state index contributed by atoms with van der Waals surface area (Å²) in [6, 6.07) is 0.